The third-order valence-corrected chi connectivity index (χ3v) is 6.28. The molecule has 0 aliphatic heterocycles. The number of halogens is 1. The quantitative estimate of drug-likeness (QED) is 0.639. The normalized spacial score (nSPS) is 11.6. The van der Waals surface area contributed by atoms with Crippen molar-refractivity contribution in [2.75, 3.05) is 6.54 Å². The number of hydrogen-bond acceptors (Lipinski definition) is 5. The molecule has 130 valence electrons. The van der Waals surface area contributed by atoms with Crippen LogP contribution in [0.25, 0.3) is 10.6 Å². The number of sulfonamides is 1. The van der Waals surface area contributed by atoms with E-state index in [2.05, 4.69) is 25.8 Å². The summed E-state index contributed by atoms with van der Waals surface area (Å²) in [4.78, 5) is 13.0. The maximum absolute atomic E-state index is 12.2. The largest absolute Gasteiger partial charge is 0.268 e. The summed E-state index contributed by atoms with van der Waals surface area (Å²) in [6, 6.07) is 13.3. The Labute approximate surface area is 157 Å². The molecule has 0 unspecified atom stereocenters. The van der Waals surface area contributed by atoms with Gasteiger partial charge in [0.05, 0.1) is 16.3 Å². The van der Waals surface area contributed by atoms with Gasteiger partial charge in [-0.2, -0.15) is 5.10 Å². The molecule has 3 rings (SSSR count). The monoisotopic (exact) mass is 439 g/mol. The van der Waals surface area contributed by atoms with Crippen LogP contribution in [0.5, 0.6) is 0 Å². The second kappa shape index (κ2) is 7.61. The van der Waals surface area contributed by atoms with Crippen LogP contribution in [-0.4, -0.2) is 24.7 Å². The van der Waals surface area contributed by atoms with E-state index in [0.29, 0.717) is 5.69 Å². The first-order valence-electron chi connectivity index (χ1n) is 7.33. The SMILES string of the molecule is O=c1ccc(-c2cccs2)nn1CCNS(=O)(=O)c1ccc(Br)cc1. The highest BCUT2D eigenvalue weighted by molar-refractivity contribution is 9.10. The Balaban J connectivity index is 1.70. The zero-order valence-corrected chi connectivity index (χ0v) is 16.1. The van der Waals surface area contributed by atoms with Gasteiger partial charge in [-0.05, 0) is 41.8 Å². The Kier molecular flexibility index (Phi) is 5.48. The predicted octanol–water partition coefficient (Wildman–Crippen LogP) is 2.71. The van der Waals surface area contributed by atoms with Gasteiger partial charge in [-0.15, -0.1) is 11.3 Å². The van der Waals surface area contributed by atoms with Gasteiger partial charge < -0.3 is 0 Å². The summed E-state index contributed by atoms with van der Waals surface area (Å²) in [5.41, 5.74) is 0.411. The molecule has 0 spiro atoms. The van der Waals surface area contributed by atoms with Gasteiger partial charge in [-0.1, -0.05) is 22.0 Å². The van der Waals surface area contributed by atoms with E-state index in [0.717, 1.165) is 9.35 Å². The van der Waals surface area contributed by atoms with Crippen molar-refractivity contribution < 1.29 is 8.42 Å². The number of nitrogens with zero attached hydrogens (tertiary/aromatic N) is 2. The molecule has 2 aromatic heterocycles. The Hall–Kier alpha value is -1.81. The van der Waals surface area contributed by atoms with Crippen LogP contribution in [0.3, 0.4) is 0 Å². The predicted molar refractivity (Wildman–Crippen MR) is 101 cm³/mol. The number of benzene rings is 1. The topological polar surface area (TPSA) is 81.1 Å². The zero-order valence-electron chi connectivity index (χ0n) is 12.9. The Bertz CT molecular complexity index is 1010. The van der Waals surface area contributed by atoms with Crippen molar-refractivity contribution in [3.05, 3.63) is 68.7 Å². The third-order valence-electron chi connectivity index (χ3n) is 3.38. The van der Waals surface area contributed by atoms with Crippen molar-refractivity contribution in [3.63, 3.8) is 0 Å². The molecule has 0 atom stereocenters. The molecule has 9 heteroatoms. The summed E-state index contributed by atoms with van der Waals surface area (Å²) in [5, 5.41) is 6.22. The first-order valence-corrected chi connectivity index (χ1v) is 10.5. The van der Waals surface area contributed by atoms with E-state index in [9.17, 15) is 13.2 Å². The van der Waals surface area contributed by atoms with E-state index < -0.39 is 10.0 Å². The van der Waals surface area contributed by atoms with Crippen LogP contribution in [0.15, 0.2) is 68.1 Å². The van der Waals surface area contributed by atoms with Crippen LogP contribution < -0.4 is 10.3 Å². The summed E-state index contributed by atoms with van der Waals surface area (Å²) in [6.45, 7) is 0.215. The molecule has 25 heavy (non-hydrogen) atoms. The van der Waals surface area contributed by atoms with Gasteiger partial charge in [-0.25, -0.2) is 17.8 Å². The molecule has 0 amide bonds. The number of rotatable bonds is 6. The first kappa shape index (κ1) is 18.0. The highest BCUT2D eigenvalue weighted by atomic mass is 79.9. The third kappa shape index (κ3) is 4.43. The van der Waals surface area contributed by atoms with E-state index in [1.807, 2.05) is 17.5 Å². The van der Waals surface area contributed by atoms with Crippen LogP contribution in [0.4, 0.5) is 0 Å². The van der Waals surface area contributed by atoms with Crippen molar-refractivity contribution in [1.82, 2.24) is 14.5 Å². The van der Waals surface area contributed by atoms with Crippen LogP contribution >= 0.6 is 27.3 Å². The minimum atomic E-state index is -3.63. The molecule has 0 radical (unpaired) electrons. The van der Waals surface area contributed by atoms with Crippen molar-refractivity contribution in [2.45, 2.75) is 11.4 Å². The van der Waals surface area contributed by atoms with Crippen LogP contribution in [0.1, 0.15) is 0 Å². The van der Waals surface area contributed by atoms with Gasteiger partial charge in [0, 0.05) is 17.1 Å². The van der Waals surface area contributed by atoms with Crippen molar-refractivity contribution in [2.24, 2.45) is 0 Å². The summed E-state index contributed by atoms with van der Waals surface area (Å²) in [6.07, 6.45) is 0. The van der Waals surface area contributed by atoms with Crippen LogP contribution in [0.2, 0.25) is 0 Å². The molecule has 0 bridgehead atoms. The van der Waals surface area contributed by atoms with Crippen molar-refractivity contribution in [3.8, 4) is 10.6 Å². The molecule has 0 aliphatic carbocycles. The minimum absolute atomic E-state index is 0.0686. The van der Waals surface area contributed by atoms with Gasteiger partial charge in [-0.3, -0.25) is 4.79 Å². The van der Waals surface area contributed by atoms with Gasteiger partial charge >= 0.3 is 0 Å². The fourth-order valence-electron chi connectivity index (χ4n) is 2.15. The molecule has 6 nitrogen and oxygen atoms in total. The molecule has 0 saturated carbocycles. The zero-order chi connectivity index (χ0) is 17.9. The standard InChI is InChI=1S/C16H14BrN3O3S2/c17-12-3-5-13(6-4-12)25(22,23)18-9-10-20-16(21)8-7-14(19-20)15-2-1-11-24-15/h1-8,11,18H,9-10H2. The lowest BCUT2D eigenvalue weighted by molar-refractivity contribution is 0.549. The van der Waals surface area contributed by atoms with Gasteiger partial charge in [0.2, 0.25) is 10.0 Å². The lowest BCUT2D eigenvalue weighted by atomic mass is 10.3. The molecule has 1 N–H and O–H groups in total. The molecular formula is C16H14BrN3O3S2. The van der Waals surface area contributed by atoms with Crippen molar-refractivity contribution in [1.29, 1.82) is 0 Å². The number of aromatic nitrogens is 2. The van der Waals surface area contributed by atoms with E-state index in [4.69, 9.17) is 0 Å². The smallest absolute Gasteiger partial charge is 0.266 e. The number of hydrogen-bond donors (Lipinski definition) is 1. The molecule has 0 aliphatic rings. The molecule has 0 saturated heterocycles. The minimum Gasteiger partial charge on any atom is -0.268 e. The first-order chi connectivity index (χ1) is 12.0. The van der Waals surface area contributed by atoms with Crippen LogP contribution in [-0.2, 0) is 16.6 Å². The van der Waals surface area contributed by atoms with Gasteiger partial charge in [0.25, 0.3) is 5.56 Å². The Morgan fingerprint density at radius 3 is 2.56 bits per heavy atom. The summed E-state index contributed by atoms with van der Waals surface area (Å²) in [5.74, 6) is 0. The Morgan fingerprint density at radius 2 is 1.88 bits per heavy atom. The number of nitrogens with one attached hydrogen (secondary N) is 1. The molecule has 3 aromatic rings. The van der Waals surface area contributed by atoms with Crippen molar-refractivity contribution >= 4 is 37.3 Å². The maximum atomic E-state index is 12.2. The second-order valence-corrected chi connectivity index (χ2v) is 8.74. The average Bonchev–Trinajstić information content (AvgIpc) is 3.11. The highest BCUT2D eigenvalue weighted by Crippen LogP contribution is 2.21. The molecule has 1 aromatic carbocycles. The fraction of sp³-hybridized carbons (Fsp3) is 0.125. The fourth-order valence-corrected chi connectivity index (χ4v) is 4.12. The van der Waals surface area contributed by atoms with E-state index in [-0.39, 0.29) is 23.5 Å². The maximum Gasteiger partial charge on any atom is 0.266 e. The lowest BCUT2D eigenvalue weighted by Gasteiger charge is -2.09. The molecular weight excluding hydrogens is 426 g/mol. The van der Waals surface area contributed by atoms with E-state index >= 15 is 0 Å². The van der Waals surface area contributed by atoms with Crippen LogP contribution in [0, 0.1) is 0 Å². The van der Waals surface area contributed by atoms with E-state index in [1.165, 1.54) is 34.2 Å². The number of thiophene rings is 1. The summed E-state index contributed by atoms with van der Waals surface area (Å²) in [7, 11) is -3.63. The molecule has 0 fully saturated rings. The van der Waals surface area contributed by atoms with Gasteiger partial charge in [0.1, 0.15) is 5.69 Å². The highest BCUT2D eigenvalue weighted by Gasteiger charge is 2.13. The Morgan fingerprint density at radius 1 is 1.12 bits per heavy atom. The van der Waals surface area contributed by atoms with E-state index in [1.54, 1.807) is 18.2 Å². The molecule has 2 heterocycles. The summed E-state index contributed by atoms with van der Waals surface area (Å²) >= 11 is 4.79. The average molecular weight is 440 g/mol. The lowest BCUT2D eigenvalue weighted by Crippen LogP contribution is -2.32. The van der Waals surface area contributed by atoms with Gasteiger partial charge in [0.15, 0.2) is 0 Å². The second-order valence-electron chi connectivity index (χ2n) is 5.11. The summed E-state index contributed by atoms with van der Waals surface area (Å²) < 4.78 is 29.0.